The Morgan fingerprint density at radius 2 is 2.00 bits per heavy atom. The largest absolute Gasteiger partial charge is 0.308 e. The van der Waals surface area contributed by atoms with Gasteiger partial charge in [-0.3, -0.25) is 4.79 Å². The van der Waals surface area contributed by atoms with Crippen LogP contribution in [0.2, 0.25) is 10.0 Å². The Labute approximate surface area is 109 Å². The lowest BCUT2D eigenvalue weighted by molar-refractivity contribution is 0.759. The molecule has 0 bridgehead atoms. The number of aromatic nitrogens is 1. The zero-order valence-corrected chi connectivity index (χ0v) is 10.8. The molecular weight excluding hydrogens is 257 g/mol. The highest BCUT2D eigenvalue weighted by molar-refractivity contribution is 6.34. The van der Waals surface area contributed by atoms with E-state index in [1.807, 2.05) is 31.2 Å². The van der Waals surface area contributed by atoms with Crippen LogP contribution in [0.3, 0.4) is 0 Å². The molecule has 1 aromatic heterocycles. The Morgan fingerprint density at radius 3 is 2.71 bits per heavy atom. The summed E-state index contributed by atoms with van der Waals surface area (Å²) in [4.78, 5) is 11.8. The smallest absolute Gasteiger partial charge is 0.269 e. The van der Waals surface area contributed by atoms with Gasteiger partial charge in [0.15, 0.2) is 0 Å². The zero-order valence-electron chi connectivity index (χ0n) is 9.28. The van der Waals surface area contributed by atoms with Gasteiger partial charge >= 0.3 is 0 Å². The second-order valence-corrected chi connectivity index (χ2v) is 4.77. The van der Waals surface area contributed by atoms with E-state index in [-0.39, 0.29) is 10.6 Å². The molecule has 0 saturated carbocycles. The van der Waals surface area contributed by atoms with Crippen molar-refractivity contribution in [3.63, 3.8) is 0 Å². The molecule has 17 heavy (non-hydrogen) atoms. The third-order valence-electron chi connectivity index (χ3n) is 2.44. The van der Waals surface area contributed by atoms with Crippen molar-refractivity contribution >= 4 is 23.2 Å². The van der Waals surface area contributed by atoms with Gasteiger partial charge in [0, 0.05) is 6.20 Å². The van der Waals surface area contributed by atoms with Crippen LogP contribution in [0.5, 0.6) is 0 Å². The van der Waals surface area contributed by atoms with E-state index in [4.69, 9.17) is 23.2 Å². The Hall–Kier alpha value is -1.25. The van der Waals surface area contributed by atoms with Gasteiger partial charge in [-0.05, 0) is 18.6 Å². The van der Waals surface area contributed by atoms with E-state index in [9.17, 15) is 4.79 Å². The van der Waals surface area contributed by atoms with E-state index in [1.165, 1.54) is 10.6 Å². The van der Waals surface area contributed by atoms with Crippen LogP contribution < -0.4 is 5.56 Å². The number of hydrogen-bond acceptors (Lipinski definition) is 1. The summed E-state index contributed by atoms with van der Waals surface area (Å²) in [7, 11) is 0. The fourth-order valence-corrected chi connectivity index (χ4v) is 2.20. The highest BCUT2D eigenvalue weighted by atomic mass is 35.5. The third-order valence-corrected chi connectivity index (χ3v) is 2.92. The van der Waals surface area contributed by atoms with Crippen molar-refractivity contribution in [3.05, 3.63) is 68.1 Å². The number of nitrogens with zero attached hydrogens (tertiary/aromatic N) is 1. The minimum Gasteiger partial charge on any atom is -0.308 e. The first-order chi connectivity index (χ1) is 8.06. The molecule has 0 unspecified atom stereocenters. The molecule has 2 aromatic rings. The lowest BCUT2D eigenvalue weighted by Crippen LogP contribution is -2.20. The van der Waals surface area contributed by atoms with Crippen molar-refractivity contribution in [2.24, 2.45) is 0 Å². The second kappa shape index (κ2) is 4.94. The predicted octanol–water partition coefficient (Wildman–Crippen LogP) is 3.51. The first-order valence-electron chi connectivity index (χ1n) is 5.17. The summed E-state index contributed by atoms with van der Waals surface area (Å²) in [5.74, 6) is 0. The molecule has 0 aliphatic rings. The molecule has 2 nitrogen and oxygen atoms in total. The topological polar surface area (TPSA) is 22.0 Å². The normalized spacial score (nSPS) is 10.5. The molecule has 2 rings (SSSR count). The minimum atomic E-state index is -0.224. The highest BCUT2D eigenvalue weighted by Crippen LogP contribution is 2.13. The summed E-state index contributed by atoms with van der Waals surface area (Å²) in [6.45, 7) is 2.48. The van der Waals surface area contributed by atoms with Gasteiger partial charge < -0.3 is 4.57 Å². The van der Waals surface area contributed by atoms with Gasteiger partial charge in [-0.25, -0.2) is 0 Å². The first-order valence-corrected chi connectivity index (χ1v) is 5.93. The van der Waals surface area contributed by atoms with Crippen molar-refractivity contribution in [1.29, 1.82) is 0 Å². The lowest BCUT2D eigenvalue weighted by atomic mass is 10.1. The fraction of sp³-hybridized carbons (Fsp3) is 0.154. The average molecular weight is 268 g/mol. The second-order valence-electron chi connectivity index (χ2n) is 3.93. The molecule has 0 saturated heterocycles. The Balaban J connectivity index is 2.40. The Kier molecular flexibility index (Phi) is 3.55. The van der Waals surface area contributed by atoms with Crippen molar-refractivity contribution in [3.8, 4) is 0 Å². The Bertz CT molecular complexity index is 605. The van der Waals surface area contributed by atoms with Gasteiger partial charge in [-0.1, -0.05) is 53.0 Å². The van der Waals surface area contributed by atoms with E-state index in [2.05, 4.69) is 0 Å². The van der Waals surface area contributed by atoms with E-state index in [0.29, 0.717) is 11.6 Å². The maximum atomic E-state index is 11.8. The van der Waals surface area contributed by atoms with E-state index < -0.39 is 0 Å². The molecule has 0 amide bonds. The summed E-state index contributed by atoms with van der Waals surface area (Å²) in [6, 6.07) is 9.42. The number of aryl methyl sites for hydroxylation is 1. The number of rotatable bonds is 2. The molecule has 0 spiro atoms. The monoisotopic (exact) mass is 267 g/mol. The van der Waals surface area contributed by atoms with Gasteiger partial charge in [-0.15, -0.1) is 0 Å². The minimum absolute atomic E-state index is 0.144. The van der Waals surface area contributed by atoms with Crippen LogP contribution in [0.25, 0.3) is 0 Å². The van der Waals surface area contributed by atoms with Crippen LogP contribution in [0, 0.1) is 6.92 Å². The number of halogens is 2. The number of pyridine rings is 1. The van der Waals surface area contributed by atoms with Gasteiger partial charge in [0.05, 0.1) is 11.6 Å². The van der Waals surface area contributed by atoms with Crippen molar-refractivity contribution in [2.75, 3.05) is 0 Å². The summed E-state index contributed by atoms with van der Waals surface area (Å²) < 4.78 is 1.51. The standard InChI is InChI=1S/C13H11Cl2NO/c1-9-3-2-4-10(5-9)7-16-8-11(14)6-12(15)13(16)17/h2-6,8H,7H2,1H3. The van der Waals surface area contributed by atoms with E-state index in [1.54, 1.807) is 6.20 Å². The van der Waals surface area contributed by atoms with Crippen molar-refractivity contribution < 1.29 is 0 Å². The average Bonchev–Trinajstić information content (AvgIpc) is 2.25. The first kappa shape index (κ1) is 12.2. The molecular formula is C13H11Cl2NO. The number of hydrogen-bond donors (Lipinski definition) is 0. The molecule has 1 aromatic carbocycles. The van der Waals surface area contributed by atoms with Gasteiger partial charge in [-0.2, -0.15) is 0 Å². The van der Waals surface area contributed by atoms with Gasteiger partial charge in [0.1, 0.15) is 5.02 Å². The molecule has 88 valence electrons. The van der Waals surface area contributed by atoms with Crippen LogP contribution in [-0.4, -0.2) is 4.57 Å². The van der Waals surface area contributed by atoms with Crippen LogP contribution >= 0.6 is 23.2 Å². The molecule has 1 heterocycles. The highest BCUT2D eigenvalue weighted by Gasteiger charge is 2.04. The molecule has 4 heteroatoms. The molecule has 0 N–H and O–H groups in total. The van der Waals surface area contributed by atoms with Crippen molar-refractivity contribution in [2.45, 2.75) is 13.5 Å². The quantitative estimate of drug-likeness (QED) is 0.816. The molecule has 0 radical (unpaired) electrons. The fourth-order valence-electron chi connectivity index (χ4n) is 1.69. The maximum Gasteiger partial charge on any atom is 0.269 e. The predicted molar refractivity (Wildman–Crippen MR) is 71.0 cm³/mol. The van der Waals surface area contributed by atoms with Gasteiger partial charge in [0.25, 0.3) is 5.56 Å². The maximum absolute atomic E-state index is 11.8. The van der Waals surface area contributed by atoms with Crippen LogP contribution in [0.4, 0.5) is 0 Å². The zero-order chi connectivity index (χ0) is 12.4. The lowest BCUT2D eigenvalue weighted by Gasteiger charge is -2.07. The molecule has 0 fully saturated rings. The summed E-state index contributed by atoms with van der Waals surface area (Å²) in [5, 5.41) is 0.604. The number of benzene rings is 1. The third kappa shape index (κ3) is 2.90. The summed E-state index contributed by atoms with van der Waals surface area (Å²) in [6.07, 6.45) is 1.60. The van der Waals surface area contributed by atoms with E-state index in [0.717, 1.165) is 11.1 Å². The van der Waals surface area contributed by atoms with Crippen LogP contribution in [-0.2, 0) is 6.54 Å². The summed E-state index contributed by atoms with van der Waals surface area (Å²) >= 11 is 11.7. The van der Waals surface area contributed by atoms with Crippen molar-refractivity contribution in [1.82, 2.24) is 4.57 Å². The SMILES string of the molecule is Cc1cccc(Cn2cc(Cl)cc(Cl)c2=O)c1. The van der Waals surface area contributed by atoms with Gasteiger partial charge in [0.2, 0.25) is 0 Å². The molecule has 0 aliphatic carbocycles. The summed E-state index contributed by atoms with van der Waals surface area (Å²) in [5.41, 5.74) is 1.98. The molecule has 0 aliphatic heterocycles. The van der Waals surface area contributed by atoms with Crippen LogP contribution in [0.1, 0.15) is 11.1 Å². The van der Waals surface area contributed by atoms with E-state index >= 15 is 0 Å². The Morgan fingerprint density at radius 1 is 1.24 bits per heavy atom. The molecule has 0 atom stereocenters. The van der Waals surface area contributed by atoms with Crippen LogP contribution in [0.15, 0.2) is 41.3 Å².